The Morgan fingerprint density at radius 1 is 1.45 bits per heavy atom. The average Bonchev–Trinajstić information content (AvgIpc) is 2.41. The van der Waals surface area contributed by atoms with E-state index < -0.39 is 0 Å². The molecular weight excluding hydrogens is 276 g/mol. The van der Waals surface area contributed by atoms with E-state index in [1.54, 1.807) is 0 Å². The minimum Gasteiger partial charge on any atom is -0.473 e. The highest BCUT2D eigenvalue weighted by Crippen LogP contribution is 2.36. The molecule has 0 aromatic carbocycles. The van der Waals surface area contributed by atoms with E-state index in [9.17, 15) is 0 Å². The van der Waals surface area contributed by atoms with Crippen LogP contribution in [0.4, 0.5) is 5.95 Å². The van der Waals surface area contributed by atoms with Gasteiger partial charge in [-0.15, -0.1) is 0 Å². The number of anilines is 1. The van der Waals surface area contributed by atoms with Gasteiger partial charge in [-0.05, 0) is 30.6 Å². The van der Waals surface area contributed by atoms with E-state index in [1.807, 2.05) is 0 Å². The third kappa shape index (κ3) is 3.52. The minimum absolute atomic E-state index is 0.150. The van der Waals surface area contributed by atoms with E-state index in [4.69, 9.17) is 22.2 Å². The maximum Gasteiger partial charge on any atom is 0.240 e. The first-order valence-corrected chi connectivity index (χ1v) is 7.54. The van der Waals surface area contributed by atoms with Crippen LogP contribution in [0.25, 0.3) is 0 Å². The summed E-state index contributed by atoms with van der Waals surface area (Å²) in [6.07, 6.45) is 5.14. The smallest absolute Gasteiger partial charge is 0.240 e. The molecule has 6 heteroatoms. The second-order valence-corrected chi connectivity index (χ2v) is 6.38. The van der Waals surface area contributed by atoms with Gasteiger partial charge in [0.15, 0.2) is 0 Å². The van der Waals surface area contributed by atoms with Crippen LogP contribution in [0.15, 0.2) is 6.20 Å². The Kier molecular flexibility index (Phi) is 5.05. The Labute approximate surface area is 125 Å². The molecule has 0 amide bonds. The molecule has 20 heavy (non-hydrogen) atoms. The molecule has 0 bridgehead atoms. The number of rotatable bonds is 4. The first-order valence-electron chi connectivity index (χ1n) is 7.17. The zero-order chi connectivity index (χ0) is 14.7. The molecule has 1 saturated carbocycles. The van der Waals surface area contributed by atoms with Gasteiger partial charge >= 0.3 is 0 Å². The van der Waals surface area contributed by atoms with Crippen LogP contribution in [0.2, 0.25) is 5.02 Å². The number of ether oxygens (including phenoxy) is 1. The number of hydrogen-bond donors (Lipinski definition) is 2. The summed E-state index contributed by atoms with van der Waals surface area (Å²) in [5.74, 6) is 7.84. The van der Waals surface area contributed by atoms with Crippen LogP contribution in [0.3, 0.4) is 0 Å². The molecule has 1 aromatic rings. The van der Waals surface area contributed by atoms with Gasteiger partial charge in [-0.1, -0.05) is 38.8 Å². The lowest BCUT2D eigenvalue weighted by Crippen LogP contribution is -2.36. The van der Waals surface area contributed by atoms with Crippen LogP contribution in [-0.4, -0.2) is 16.1 Å². The number of nitrogen functional groups attached to an aromatic ring is 1. The molecule has 1 fully saturated rings. The molecule has 1 aliphatic carbocycles. The molecular formula is C14H23ClN4O. The van der Waals surface area contributed by atoms with Gasteiger partial charge in [-0.25, -0.2) is 10.8 Å². The van der Waals surface area contributed by atoms with E-state index in [1.165, 1.54) is 19.0 Å². The molecule has 1 heterocycles. The SMILES string of the molecule is CC1CCC(C(C)C)C(Oc2nc(NN)ncc2Cl)C1. The molecule has 3 N–H and O–H groups in total. The van der Waals surface area contributed by atoms with Crippen molar-refractivity contribution in [1.29, 1.82) is 0 Å². The Morgan fingerprint density at radius 3 is 2.85 bits per heavy atom. The van der Waals surface area contributed by atoms with Gasteiger partial charge in [0, 0.05) is 0 Å². The number of nitrogens with zero attached hydrogens (tertiary/aromatic N) is 2. The summed E-state index contributed by atoms with van der Waals surface area (Å²) in [6, 6.07) is 0. The molecule has 0 saturated heterocycles. The van der Waals surface area contributed by atoms with Crippen molar-refractivity contribution in [1.82, 2.24) is 9.97 Å². The summed E-state index contributed by atoms with van der Waals surface area (Å²) in [5.41, 5.74) is 2.41. The molecule has 5 nitrogen and oxygen atoms in total. The van der Waals surface area contributed by atoms with Gasteiger partial charge in [0.25, 0.3) is 0 Å². The third-order valence-corrected chi connectivity index (χ3v) is 4.32. The first-order chi connectivity index (χ1) is 9.51. The minimum atomic E-state index is 0.150. The fourth-order valence-corrected chi connectivity index (χ4v) is 3.03. The van der Waals surface area contributed by atoms with Crippen molar-refractivity contribution in [3.63, 3.8) is 0 Å². The number of hydrazine groups is 1. The summed E-state index contributed by atoms with van der Waals surface area (Å²) in [7, 11) is 0. The Morgan fingerprint density at radius 2 is 2.20 bits per heavy atom. The number of aromatic nitrogens is 2. The predicted octanol–water partition coefficient (Wildman–Crippen LogP) is 3.26. The molecule has 3 atom stereocenters. The lowest BCUT2D eigenvalue weighted by atomic mass is 9.75. The quantitative estimate of drug-likeness (QED) is 0.659. The monoisotopic (exact) mass is 298 g/mol. The number of hydrogen-bond acceptors (Lipinski definition) is 5. The molecule has 0 radical (unpaired) electrons. The maximum absolute atomic E-state index is 6.12. The molecule has 1 aliphatic rings. The Bertz CT molecular complexity index is 455. The topological polar surface area (TPSA) is 73.1 Å². The predicted molar refractivity (Wildman–Crippen MR) is 80.6 cm³/mol. The van der Waals surface area contributed by atoms with Gasteiger partial charge < -0.3 is 4.74 Å². The molecule has 1 aromatic heterocycles. The van der Waals surface area contributed by atoms with E-state index in [0.29, 0.717) is 34.6 Å². The van der Waals surface area contributed by atoms with Crippen LogP contribution in [0, 0.1) is 17.8 Å². The summed E-state index contributed by atoms with van der Waals surface area (Å²) in [5, 5.41) is 0.421. The van der Waals surface area contributed by atoms with Crippen molar-refractivity contribution in [3.05, 3.63) is 11.2 Å². The first kappa shape index (κ1) is 15.3. The maximum atomic E-state index is 6.12. The van der Waals surface area contributed by atoms with Crippen LogP contribution in [0.1, 0.15) is 40.0 Å². The number of halogens is 1. The van der Waals surface area contributed by atoms with Crippen molar-refractivity contribution in [2.45, 2.75) is 46.1 Å². The highest BCUT2D eigenvalue weighted by atomic mass is 35.5. The van der Waals surface area contributed by atoms with Gasteiger partial charge in [-0.2, -0.15) is 4.98 Å². The van der Waals surface area contributed by atoms with Crippen LogP contribution in [0.5, 0.6) is 5.88 Å². The van der Waals surface area contributed by atoms with Crippen LogP contribution in [-0.2, 0) is 0 Å². The van der Waals surface area contributed by atoms with E-state index >= 15 is 0 Å². The summed E-state index contributed by atoms with van der Waals surface area (Å²) < 4.78 is 6.09. The van der Waals surface area contributed by atoms with E-state index in [0.717, 1.165) is 6.42 Å². The lowest BCUT2D eigenvalue weighted by Gasteiger charge is -2.37. The van der Waals surface area contributed by atoms with Crippen molar-refractivity contribution in [2.24, 2.45) is 23.6 Å². The van der Waals surface area contributed by atoms with Crippen molar-refractivity contribution < 1.29 is 4.74 Å². The summed E-state index contributed by atoms with van der Waals surface area (Å²) in [6.45, 7) is 6.75. The average molecular weight is 299 g/mol. The number of nitrogens with two attached hydrogens (primary N) is 1. The van der Waals surface area contributed by atoms with Gasteiger partial charge in [0.1, 0.15) is 11.1 Å². The summed E-state index contributed by atoms with van der Waals surface area (Å²) >= 11 is 6.12. The Balaban J connectivity index is 2.17. The lowest BCUT2D eigenvalue weighted by molar-refractivity contribution is 0.0427. The van der Waals surface area contributed by atoms with Gasteiger partial charge in [-0.3, -0.25) is 5.43 Å². The van der Waals surface area contributed by atoms with Crippen molar-refractivity contribution >= 4 is 17.5 Å². The molecule has 0 aliphatic heterocycles. The van der Waals surface area contributed by atoms with Gasteiger partial charge in [0.05, 0.1) is 6.20 Å². The third-order valence-electron chi connectivity index (χ3n) is 4.07. The van der Waals surface area contributed by atoms with Crippen molar-refractivity contribution in [2.75, 3.05) is 5.43 Å². The van der Waals surface area contributed by atoms with Crippen LogP contribution < -0.4 is 16.0 Å². The fraction of sp³-hybridized carbons (Fsp3) is 0.714. The highest BCUT2D eigenvalue weighted by molar-refractivity contribution is 6.31. The zero-order valence-corrected chi connectivity index (χ0v) is 13.0. The van der Waals surface area contributed by atoms with E-state index in [2.05, 4.69) is 36.2 Å². The standard InChI is InChI=1S/C14H23ClN4O/c1-8(2)10-5-4-9(3)6-12(10)20-13-11(15)7-17-14(18-13)19-16/h7-10,12H,4-6,16H2,1-3H3,(H,17,18,19). The number of nitrogens with one attached hydrogen (secondary N) is 1. The zero-order valence-electron chi connectivity index (χ0n) is 12.3. The normalized spacial score (nSPS) is 26.6. The second kappa shape index (κ2) is 6.59. The molecule has 0 spiro atoms. The largest absolute Gasteiger partial charge is 0.473 e. The highest BCUT2D eigenvalue weighted by Gasteiger charge is 2.33. The van der Waals surface area contributed by atoms with E-state index in [-0.39, 0.29) is 6.10 Å². The van der Waals surface area contributed by atoms with Crippen molar-refractivity contribution in [3.8, 4) is 5.88 Å². The fourth-order valence-electron chi connectivity index (χ4n) is 2.90. The van der Waals surface area contributed by atoms with Crippen LogP contribution >= 0.6 is 11.6 Å². The molecule has 3 unspecified atom stereocenters. The van der Waals surface area contributed by atoms with Gasteiger partial charge in [0.2, 0.25) is 11.8 Å². The Hall–Kier alpha value is -1.07. The summed E-state index contributed by atoms with van der Waals surface area (Å²) in [4.78, 5) is 8.16. The molecule has 112 valence electrons. The second-order valence-electron chi connectivity index (χ2n) is 5.97. The molecule has 2 rings (SSSR count).